The van der Waals surface area contributed by atoms with E-state index in [1.165, 1.54) is 0 Å². The van der Waals surface area contributed by atoms with Crippen molar-refractivity contribution in [1.29, 1.82) is 0 Å². The molecule has 0 radical (unpaired) electrons. The number of carboxylic acid groups (broad SMARTS) is 1. The molecule has 0 aliphatic carbocycles. The molecule has 0 unspecified atom stereocenters. The van der Waals surface area contributed by atoms with Crippen LogP contribution in [0.15, 0.2) is 53.7 Å². The number of aliphatic carboxylic acids is 1. The lowest BCUT2D eigenvalue weighted by Gasteiger charge is -2.15. The van der Waals surface area contributed by atoms with Crippen molar-refractivity contribution in [2.45, 2.75) is 33.8 Å². The molecule has 0 aliphatic rings. The Morgan fingerprint density at radius 3 is 2.54 bits per heavy atom. The first kappa shape index (κ1) is 21.1. The minimum atomic E-state index is -0.900. The second kappa shape index (κ2) is 9.65. The molecule has 2 aromatic carbocycles. The lowest BCUT2D eigenvalue weighted by molar-refractivity contribution is -0.136. The van der Waals surface area contributed by atoms with Crippen molar-refractivity contribution < 1.29 is 23.8 Å². The average Bonchev–Trinajstić information content (AvgIpc) is 3.17. The monoisotopic (exact) mass is 382 g/mol. The van der Waals surface area contributed by atoms with E-state index in [1.807, 2.05) is 39.0 Å². The van der Waals surface area contributed by atoms with E-state index in [9.17, 15) is 4.79 Å². The number of fused-ring (bicyclic) bond motifs is 1. The summed E-state index contributed by atoms with van der Waals surface area (Å²) < 4.78 is 17.1. The Bertz CT molecular complexity index is 968. The zero-order valence-corrected chi connectivity index (χ0v) is 16.7. The molecule has 0 spiro atoms. The molecule has 1 N–H and O–H groups in total. The predicted molar refractivity (Wildman–Crippen MR) is 111 cm³/mol. The van der Waals surface area contributed by atoms with Gasteiger partial charge in [-0.25, -0.2) is 0 Å². The molecule has 5 heteroatoms. The number of hydrogen-bond donors (Lipinski definition) is 1. The SMILES string of the molecule is C=C(C)c1cc(COc2ccccc2CC(=O)O)c(OC)c2ccoc12.CC. The number of methoxy groups -OCH3 is 1. The van der Waals surface area contributed by atoms with Gasteiger partial charge in [-0.2, -0.15) is 0 Å². The maximum Gasteiger partial charge on any atom is 0.307 e. The molecule has 3 aromatic rings. The summed E-state index contributed by atoms with van der Waals surface area (Å²) in [5.74, 6) is 0.318. The zero-order valence-electron chi connectivity index (χ0n) is 16.7. The van der Waals surface area contributed by atoms with Gasteiger partial charge in [0.2, 0.25) is 0 Å². The molecule has 1 aromatic heterocycles. The second-order valence-electron chi connectivity index (χ2n) is 6.03. The highest BCUT2D eigenvalue weighted by Crippen LogP contribution is 2.36. The van der Waals surface area contributed by atoms with E-state index < -0.39 is 5.97 Å². The number of furan rings is 1. The Morgan fingerprint density at radius 2 is 1.89 bits per heavy atom. The number of benzene rings is 2. The first-order valence-electron chi connectivity index (χ1n) is 9.16. The summed E-state index contributed by atoms with van der Waals surface area (Å²) in [6.45, 7) is 10.2. The fraction of sp³-hybridized carbons (Fsp3) is 0.261. The number of carbonyl (C=O) groups is 1. The predicted octanol–water partition coefficient (Wildman–Crippen LogP) is 5.71. The highest BCUT2D eigenvalue weighted by atomic mass is 16.5. The molecule has 1 heterocycles. The van der Waals surface area contributed by atoms with Gasteiger partial charge < -0.3 is 19.0 Å². The number of ether oxygens (including phenoxy) is 2. The van der Waals surface area contributed by atoms with Crippen LogP contribution in [0.4, 0.5) is 0 Å². The van der Waals surface area contributed by atoms with Crippen LogP contribution in [0.25, 0.3) is 16.5 Å². The van der Waals surface area contributed by atoms with Gasteiger partial charge >= 0.3 is 5.97 Å². The Labute approximate surface area is 165 Å². The summed E-state index contributed by atoms with van der Waals surface area (Å²) in [7, 11) is 1.60. The number of rotatable bonds is 7. The second-order valence-corrected chi connectivity index (χ2v) is 6.03. The van der Waals surface area contributed by atoms with E-state index in [4.69, 9.17) is 19.0 Å². The summed E-state index contributed by atoms with van der Waals surface area (Å²) in [6.07, 6.45) is 1.53. The van der Waals surface area contributed by atoms with Crippen LogP contribution in [0.1, 0.15) is 37.5 Å². The van der Waals surface area contributed by atoms with Crippen LogP contribution in [0.2, 0.25) is 0 Å². The van der Waals surface area contributed by atoms with Gasteiger partial charge in [-0.1, -0.05) is 38.6 Å². The molecule has 28 heavy (non-hydrogen) atoms. The number of hydrogen-bond acceptors (Lipinski definition) is 4. The van der Waals surface area contributed by atoms with Crippen LogP contribution in [0.5, 0.6) is 11.5 Å². The highest BCUT2D eigenvalue weighted by molar-refractivity contribution is 5.94. The van der Waals surface area contributed by atoms with E-state index in [1.54, 1.807) is 31.6 Å². The fourth-order valence-corrected chi connectivity index (χ4v) is 2.95. The molecule has 0 saturated carbocycles. The summed E-state index contributed by atoms with van der Waals surface area (Å²) in [5, 5.41) is 9.91. The molecular weight excluding hydrogens is 356 g/mol. The molecule has 3 rings (SSSR count). The molecule has 0 bridgehead atoms. The average molecular weight is 382 g/mol. The quantitative estimate of drug-likeness (QED) is 0.567. The van der Waals surface area contributed by atoms with E-state index >= 15 is 0 Å². The maximum absolute atomic E-state index is 11.0. The van der Waals surface area contributed by atoms with E-state index in [0.29, 0.717) is 17.1 Å². The van der Waals surface area contributed by atoms with Gasteiger partial charge in [0.25, 0.3) is 0 Å². The summed E-state index contributed by atoms with van der Waals surface area (Å²) in [4.78, 5) is 11.0. The van der Waals surface area contributed by atoms with E-state index in [2.05, 4.69) is 6.58 Å². The topological polar surface area (TPSA) is 68.9 Å². The zero-order chi connectivity index (χ0) is 20.7. The minimum absolute atomic E-state index is 0.0922. The summed E-state index contributed by atoms with van der Waals surface area (Å²) in [5.41, 5.74) is 3.96. The lowest BCUT2D eigenvalue weighted by atomic mass is 10.0. The first-order chi connectivity index (χ1) is 13.5. The summed E-state index contributed by atoms with van der Waals surface area (Å²) in [6, 6.07) is 10.9. The van der Waals surface area contributed by atoms with Gasteiger partial charge in [0.1, 0.15) is 23.7 Å². The van der Waals surface area contributed by atoms with E-state index in [0.717, 1.165) is 27.7 Å². The van der Waals surface area contributed by atoms with Crippen molar-refractivity contribution in [1.82, 2.24) is 0 Å². The van der Waals surface area contributed by atoms with E-state index in [-0.39, 0.29) is 13.0 Å². The molecule has 148 valence electrons. The Balaban J connectivity index is 0.00000136. The molecule has 5 nitrogen and oxygen atoms in total. The molecule has 0 atom stereocenters. The third-order valence-electron chi connectivity index (χ3n) is 4.13. The van der Waals surface area contributed by atoms with Crippen molar-refractivity contribution in [2.24, 2.45) is 0 Å². The standard InChI is InChI=1S/C21H20O5.C2H6/c1-13(2)17-10-15(20(24-3)16-8-9-25-21(16)17)12-26-18-7-5-4-6-14(18)11-19(22)23;1-2/h4-10H,1,11-12H2,2-3H3,(H,22,23);1-2H3. The molecule has 0 fully saturated rings. The number of para-hydroxylation sites is 1. The molecule has 0 amide bonds. The van der Waals surface area contributed by atoms with Crippen molar-refractivity contribution in [3.8, 4) is 11.5 Å². The van der Waals surface area contributed by atoms with Crippen LogP contribution in [0, 0.1) is 0 Å². The van der Waals surface area contributed by atoms with Crippen LogP contribution in [-0.4, -0.2) is 18.2 Å². The van der Waals surface area contributed by atoms with Gasteiger partial charge in [0.15, 0.2) is 0 Å². The van der Waals surface area contributed by atoms with Gasteiger partial charge in [-0.3, -0.25) is 4.79 Å². The van der Waals surface area contributed by atoms with Crippen molar-refractivity contribution >= 4 is 22.5 Å². The third kappa shape index (κ3) is 4.55. The minimum Gasteiger partial charge on any atom is -0.496 e. The van der Waals surface area contributed by atoms with Crippen molar-refractivity contribution in [3.63, 3.8) is 0 Å². The largest absolute Gasteiger partial charge is 0.496 e. The Hall–Kier alpha value is -3.21. The van der Waals surface area contributed by atoms with Gasteiger partial charge in [0, 0.05) is 16.7 Å². The molecule has 0 aliphatic heterocycles. The molecular formula is C23H26O5. The van der Waals surface area contributed by atoms with Crippen LogP contribution in [0.3, 0.4) is 0 Å². The lowest BCUT2D eigenvalue weighted by Crippen LogP contribution is -2.05. The third-order valence-corrected chi connectivity index (χ3v) is 4.13. The normalized spacial score (nSPS) is 10.1. The van der Waals surface area contributed by atoms with Gasteiger partial charge in [-0.15, -0.1) is 0 Å². The first-order valence-corrected chi connectivity index (χ1v) is 9.16. The Kier molecular flexibility index (Phi) is 7.27. The highest BCUT2D eigenvalue weighted by Gasteiger charge is 2.17. The fourth-order valence-electron chi connectivity index (χ4n) is 2.95. The van der Waals surface area contributed by atoms with Crippen molar-refractivity contribution in [3.05, 3.63) is 65.9 Å². The number of allylic oxidation sites excluding steroid dienone is 1. The maximum atomic E-state index is 11.0. The van der Waals surface area contributed by atoms with Gasteiger partial charge in [0.05, 0.1) is 25.2 Å². The summed E-state index contributed by atoms with van der Waals surface area (Å²) >= 11 is 0. The van der Waals surface area contributed by atoms with Crippen LogP contribution < -0.4 is 9.47 Å². The number of carboxylic acids is 1. The Morgan fingerprint density at radius 1 is 1.18 bits per heavy atom. The van der Waals surface area contributed by atoms with Crippen LogP contribution >= 0.6 is 0 Å². The van der Waals surface area contributed by atoms with Gasteiger partial charge in [-0.05, 0) is 30.7 Å². The molecule has 0 saturated heterocycles. The smallest absolute Gasteiger partial charge is 0.307 e. The van der Waals surface area contributed by atoms with Crippen LogP contribution in [-0.2, 0) is 17.8 Å². The van der Waals surface area contributed by atoms with Crippen molar-refractivity contribution in [2.75, 3.05) is 7.11 Å².